The van der Waals surface area contributed by atoms with Gasteiger partial charge in [0, 0.05) is 16.3 Å². The lowest BCUT2D eigenvalue weighted by Crippen LogP contribution is -2.20. The molecule has 1 N–H and O–H groups in total. The maximum Gasteiger partial charge on any atom is 0.314 e. The summed E-state index contributed by atoms with van der Waals surface area (Å²) in [5.41, 5.74) is 2.98. The normalized spacial score (nSPS) is 11.7. The molecule has 3 rings (SSSR count). The van der Waals surface area contributed by atoms with Crippen LogP contribution in [-0.4, -0.2) is 11.9 Å². The highest BCUT2D eigenvalue weighted by Crippen LogP contribution is 2.27. The van der Waals surface area contributed by atoms with E-state index in [1.54, 1.807) is 36.4 Å². The van der Waals surface area contributed by atoms with E-state index in [4.69, 9.17) is 16.3 Å². The first-order valence-electron chi connectivity index (χ1n) is 9.81. The van der Waals surface area contributed by atoms with Crippen LogP contribution in [-0.2, 0) is 16.1 Å². The minimum Gasteiger partial charge on any atom is -0.460 e. The molecule has 0 aliphatic rings. The van der Waals surface area contributed by atoms with E-state index in [0.29, 0.717) is 10.6 Å². The second kappa shape index (κ2) is 10.1. The summed E-state index contributed by atoms with van der Waals surface area (Å²) in [4.78, 5) is 25.0. The van der Waals surface area contributed by atoms with Gasteiger partial charge in [0.05, 0.1) is 5.92 Å². The van der Waals surface area contributed by atoms with Gasteiger partial charge < -0.3 is 10.1 Å². The number of nitrogens with one attached hydrogen (secondary N) is 1. The Balaban J connectivity index is 1.60. The number of carbonyl (C=O) groups excluding carboxylic acids is 2. The lowest BCUT2D eigenvalue weighted by atomic mass is 9.88. The van der Waals surface area contributed by atoms with Crippen LogP contribution in [0.1, 0.15) is 41.3 Å². The first-order chi connectivity index (χ1) is 14.4. The van der Waals surface area contributed by atoms with Gasteiger partial charge in [-0.05, 0) is 53.4 Å². The van der Waals surface area contributed by atoms with Crippen LogP contribution in [0.2, 0.25) is 5.02 Å². The molecule has 0 saturated carbocycles. The fraction of sp³-hybridized carbons (Fsp3) is 0.200. The topological polar surface area (TPSA) is 55.4 Å². The zero-order chi connectivity index (χ0) is 21.5. The lowest BCUT2D eigenvalue weighted by Gasteiger charge is -2.20. The van der Waals surface area contributed by atoms with Gasteiger partial charge in [0.15, 0.2) is 0 Å². The standard InChI is InChI=1S/C25H24ClNO3/c1-17(2)23(19-12-14-21(26)15-13-19)25(29)30-16-18-8-10-20(11-9-18)24(28)27-22-6-4-3-5-7-22/h3-15,17,23H,16H2,1-2H3,(H,27,28)/t23-/m0/s1. The second-order valence-corrected chi connectivity index (χ2v) is 7.83. The highest BCUT2D eigenvalue weighted by molar-refractivity contribution is 6.30. The molecule has 0 aliphatic heterocycles. The molecule has 4 nitrogen and oxygen atoms in total. The number of carbonyl (C=O) groups is 2. The molecule has 0 spiro atoms. The van der Waals surface area contributed by atoms with Crippen molar-refractivity contribution in [1.29, 1.82) is 0 Å². The zero-order valence-electron chi connectivity index (χ0n) is 17.0. The molecule has 0 radical (unpaired) electrons. The number of amides is 1. The zero-order valence-corrected chi connectivity index (χ0v) is 17.7. The van der Waals surface area contributed by atoms with Crippen LogP contribution in [0.15, 0.2) is 78.9 Å². The third-order valence-corrected chi connectivity index (χ3v) is 5.03. The van der Waals surface area contributed by atoms with E-state index >= 15 is 0 Å². The van der Waals surface area contributed by atoms with Gasteiger partial charge in [0.25, 0.3) is 5.91 Å². The largest absolute Gasteiger partial charge is 0.460 e. The molecule has 154 valence electrons. The molecule has 0 heterocycles. The summed E-state index contributed by atoms with van der Waals surface area (Å²) in [6, 6.07) is 23.6. The number of halogens is 1. The Labute approximate surface area is 181 Å². The van der Waals surface area contributed by atoms with Crippen LogP contribution < -0.4 is 5.32 Å². The average molecular weight is 422 g/mol. The van der Waals surface area contributed by atoms with Crippen LogP contribution in [0, 0.1) is 5.92 Å². The van der Waals surface area contributed by atoms with Gasteiger partial charge in [0.1, 0.15) is 6.61 Å². The Morgan fingerprint density at radius 1 is 0.900 bits per heavy atom. The molecule has 0 bridgehead atoms. The summed E-state index contributed by atoms with van der Waals surface area (Å²) in [5, 5.41) is 3.47. The smallest absolute Gasteiger partial charge is 0.314 e. The first kappa shape index (κ1) is 21.6. The Kier molecular flexibility index (Phi) is 7.26. The predicted molar refractivity (Wildman–Crippen MR) is 120 cm³/mol. The van der Waals surface area contributed by atoms with Gasteiger partial charge in [-0.2, -0.15) is 0 Å². The summed E-state index contributed by atoms with van der Waals surface area (Å²) in [7, 11) is 0. The van der Waals surface area contributed by atoms with Crippen LogP contribution in [0.25, 0.3) is 0 Å². The molecule has 3 aromatic rings. The molecule has 3 aromatic carbocycles. The highest BCUT2D eigenvalue weighted by Gasteiger charge is 2.25. The SMILES string of the molecule is CC(C)[C@H](C(=O)OCc1ccc(C(=O)Nc2ccccc2)cc1)c1ccc(Cl)cc1. The Bertz CT molecular complexity index is 983. The van der Waals surface area contributed by atoms with Crippen LogP contribution in [0.4, 0.5) is 5.69 Å². The highest BCUT2D eigenvalue weighted by atomic mass is 35.5. The summed E-state index contributed by atoms with van der Waals surface area (Å²) < 4.78 is 5.56. The maximum atomic E-state index is 12.7. The predicted octanol–water partition coefficient (Wildman–Crippen LogP) is 6.08. The monoisotopic (exact) mass is 421 g/mol. The van der Waals surface area contributed by atoms with Crippen molar-refractivity contribution >= 4 is 29.2 Å². The summed E-state index contributed by atoms with van der Waals surface area (Å²) in [6.45, 7) is 4.12. The number of hydrogen-bond acceptors (Lipinski definition) is 3. The third-order valence-electron chi connectivity index (χ3n) is 4.78. The number of esters is 1. The Morgan fingerprint density at radius 3 is 2.13 bits per heavy atom. The van der Waals surface area contributed by atoms with Gasteiger partial charge in [-0.15, -0.1) is 0 Å². The van der Waals surface area contributed by atoms with E-state index in [1.165, 1.54) is 0 Å². The lowest BCUT2D eigenvalue weighted by molar-refractivity contribution is -0.148. The van der Waals surface area contributed by atoms with Crippen LogP contribution in [0.5, 0.6) is 0 Å². The molecule has 0 saturated heterocycles. The van der Waals surface area contributed by atoms with E-state index < -0.39 is 0 Å². The van der Waals surface area contributed by atoms with Gasteiger partial charge >= 0.3 is 5.97 Å². The minimum atomic E-state index is -0.363. The van der Waals surface area contributed by atoms with E-state index in [2.05, 4.69) is 5.32 Å². The molecule has 0 aliphatic carbocycles. The van der Waals surface area contributed by atoms with Crippen molar-refractivity contribution in [3.05, 3.63) is 101 Å². The summed E-state index contributed by atoms with van der Waals surface area (Å²) in [6.07, 6.45) is 0. The van der Waals surface area contributed by atoms with Crippen molar-refractivity contribution in [2.24, 2.45) is 5.92 Å². The quantitative estimate of drug-likeness (QED) is 0.470. The van der Waals surface area contributed by atoms with E-state index in [-0.39, 0.29) is 30.3 Å². The van der Waals surface area contributed by atoms with Crippen molar-refractivity contribution in [3.8, 4) is 0 Å². The van der Waals surface area contributed by atoms with Gasteiger partial charge in [0.2, 0.25) is 0 Å². The molecule has 30 heavy (non-hydrogen) atoms. The number of hydrogen-bond donors (Lipinski definition) is 1. The van der Waals surface area contributed by atoms with Crippen molar-refractivity contribution in [2.75, 3.05) is 5.32 Å². The number of para-hydroxylation sites is 1. The Hall–Kier alpha value is -3.11. The molecular formula is C25H24ClNO3. The number of rotatable bonds is 7. The van der Waals surface area contributed by atoms with Crippen LogP contribution in [0.3, 0.4) is 0 Å². The molecule has 1 atom stereocenters. The molecule has 0 unspecified atom stereocenters. The van der Waals surface area contributed by atoms with E-state index in [0.717, 1.165) is 16.8 Å². The number of ether oxygens (including phenoxy) is 1. The van der Waals surface area contributed by atoms with Gasteiger partial charge in [-0.3, -0.25) is 9.59 Å². The van der Waals surface area contributed by atoms with E-state index in [1.807, 2.05) is 56.3 Å². The maximum absolute atomic E-state index is 12.7. The first-order valence-corrected chi connectivity index (χ1v) is 10.2. The third kappa shape index (κ3) is 5.71. The number of benzene rings is 3. The molecule has 0 aromatic heterocycles. The molecule has 1 amide bonds. The van der Waals surface area contributed by atoms with Crippen molar-refractivity contribution in [3.63, 3.8) is 0 Å². The van der Waals surface area contributed by atoms with Crippen molar-refractivity contribution < 1.29 is 14.3 Å². The average Bonchev–Trinajstić information content (AvgIpc) is 2.74. The molecule has 0 fully saturated rings. The molecule has 5 heteroatoms. The summed E-state index contributed by atoms with van der Waals surface area (Å²) >= 11 is 5.95. The molecular weight excluding hydrogens is 398 g/mol. The number of anilines is 1. The van der Waals surface area contributed by atoms with Gasteiger partial charge in [-0.25, -0.2) is 0 Å². The Morgan fingerprint density at radius 2 is 1.53 bits per heavy atom. The fourth-order valence-electron chi connectivity index (χ4n) is 3.18. The van der Waals surface area contributed by atoms with Crippen molar-refractivity contribution in [2.45, 2.75) is 26.4 Å². The van der Waals surface area contributed by atoms with Crippen molar-refractivity contribution in [1.82, 2.24) is 0 Å². The summed E-state index contributed by atoms with van der Waals surface area (Å²) in [5.74, 6) is -0.744. The van der Waals surface area contributed by atoms with Gasteiger partial charge in [-0.1, -0.05) is 67.9 Å². The van der Waals surface area contributed by atoms with E-state index in [9.17, 15) is 9.59 Å². The fourth-order valence-corrected chi connectivity index (χ4v) is 3.31. The van der Waals surface area contributed by atoms with Crippen LogP contribution >= 0.6 is 11.6 Å². The second-order valence-electron chi connectivity index (χ2n) is 7.40. The minimum absolute atomic E-state index is 0.0859.